The van der Waals surface area contributed by atoms with Crippen molar-refractivity contribution in [1.82, 2.24) is 10.2 Å². The molecular formula is C18H31N3O2. The van der Waals surface area contributed by atoms with Gasteiger partial charge in [-0.25, -0.2) is 0 Å². The van der Waals surface area contributed by atoms with E-state index >= 15 is 0 Å². The van der Waals surface area contributed by atoms with E-state index in [-0.39, 0.29) is 5.91 Å². The van der Waals surface area contributed by atoms with Crippen LogP contribution in [0.1, 0.15) is 71.1 Å². The lowest BCUT2D eigenvalue weighted by Gasteiger charge is -2.36. The quantitative estimate of drug-likeness (QED) is 0.787. The predicted octanol–water partition coefficient (Wildman–Crippen LogP) is 2.34. The molecule has 2 aliphatic carbocycles. The summed E-state index contributed by atoms with van der Waals surface area (Å²) in [6.45, 7) is 2.59. The summed E-state index contributed by atoms with van der Waals surface area (Å²) in [5, 5.41) is 22.3. The Morgan fingerprint density at radius 2 is 1.87 bits per heavy atom. The maximum Gasteiger partial charge on any atom is 0.235 e. The summed E-state index contributed by atoms with van der Waals surface area (Å²) in [6, 6.07) is 2.72. The first-order valence-electron chi connectivity index (χ1n) is 9.19. The van der Waals surface area contributed by atoms with Crippen molar-refractivity contribution in [2.75, 3.05) is 13.1 Å². The molecule has 2 rings (SSSR count). The number of nitrogens with one attached hydrogen (secondary N) is 1. The Morgan fingerprint density at radius 3 is 2.43 bits per heavy atom. The van der Waals surface area contributed by atoms with Crippen molar-refractivity contribution >= 4 is 5.91 Å². The molecule has 0 radical (unpaired) electrons. The molecule has 130 valence electrons. The highest BCUT2D eigenvalue weighted by atomic mass is 16.3. The number of amides is 1. The Kier molecular flexibility index (Phi) is 6.86. The van der Waals surface area contributed by atoms with Crippen LogP contribution in [0.4, 0.5) is 0 Å². The highest BCUT2D eigenvalue weighted by Crippen LogP contribution is 2.28. The fourth-order valence-corrected chi connectivity index (χ4v) is 4.04. The molecule has 0 aromatic heterocycles. The van der Waals surface area contributed by atoms with Gasteiger partial charge in [0.25, 0.3) is 0 Å². The minimum atomic E-state index is -0.668. The fourth-order valence-electron chi connectivity index (χ4n) is 4.04. The molecule has 1 amide bonds. The van der Waals surface area contributed by atoms with E-state index in [0.717, 1.165) is 44.9 Å². The molecule has 5 heteroatoms. The van der Waals surface area contributed by atoms with Gasteiger partial charge >= 0.3 is 0 Å². The molecule has 0 aliphatic heterocycles. The van der Waals surface area contributed by atoms with E-state index < -0.39 is 11.6 Å². The van der Waals surface area contributed by atoms with Crippen LogP contribution in [0.5, 0.6) is 0 Å². The molecule has 0 heterocycles. The van der Waals surface area contributed by atoms with E-state index in [1.54, 1.807) is 6.92 Å². The van der Waals surface area contributed by atoms with Crippen molar-refractivity contribution < 1.29 is 9.90 Å². The monoisotopic (exact) mass is 321 g/mol. The van der Waals surface area contributed by atoms with Crippen molar-refractivity contribution in [3.05, 3.63) is 0 Å². The van der Waals surface area contributed by atoms with Gasteiger partial charge in [-0.15, -0.1) is 0 Å². The van der Waals surface area contributed by atoms with Crippen molar-refractivity contribution in [3.63, 3.8) is 0 Å². The Hall–Kier alpha value is -1.12. The van der Waals surface area contributed by atoms with Crippen LogP contribution < -0.4 is 5.32 Å². The van der Waals surface area contributed by atoms with E-state index in [1.165, 1.54) is 19.3 Å². The summed E-state index contributed by atoms with van der Waals surface area (Å²) < 4.78 is 0. The molecule has 2 aliphatic rings. The van der Waals surface area contributed by atoms with Crippen LogP contribution in [0, 0.1) is 11.3 Å². The van der Waals surface area contributed by atoms with Crippen molar-refractivity contribution in [3.8, 4) is 6.07 Å². The largest absolute Gasteiger partial charge is 0.392 e. The number of carbonyl (C=O) groups excluding carboxylic acids is 1. The maximum absolute atomic E-state index is 12.5. The zero-order chi connectivity index (χ0) is 16.7. The molecule has 2 fully saturated rings. The molecule has 1 atom stereocenters. The van der Waals surface area contributed by atoms with Gasteiger partial charge in [0.1, 0.15) is 5.54 Å². The smallest absolute Gasteiger partial charge is 0.235 e. The van der Waals surface area contributed by atoms with Gasteiger partial charge in [-0.1, -0.05) is 38.5 Å². The van der Waals surface area contributed by atoms with Gasteiger partial charge in [0.15, 0.2) is 0 Å². The van der Waals surface area contributed by atoms with Gasteiger partial charge in [0.05, 0.1) is 18.7 Å². The molecule has 0 bridgehead atoms. The minimum absolute atomic E-state index is 0.0697. The average molecular weight is 321 g/mol. The summed E-state index contributed by atoms with van der Waals surface area (Å²) in [5.41, 5.74) is -0.668. The van der Waals surface area contributed by atoms with E-state index in [4.69, 9.17) is 0 Å². The third-order valence-electron chi connectivity index (χ3n) is 5.24. The van der Waals surface area contributed by atoms with Crippen LogP contribution >= 0.6 is 0 Å². The molecule has 0 spiro atoms. The first-order valence-corrected chi connectivity index (χ1v) is 9.19. The number of nitriles is 1. The molecule has 5 nitrogen and oxygen atoms in total. The zero-order valence-corrected chi connectivity index (χ0v) is 14.4. The van der Waals surface area contributed by atoms with Gasteiger partial charge in [-0.05, 0) is 32.6 Å². The molecule has 2 saturated carbocycles. The number of rotatable bonds is 6. The van der Waals surface area contributed by atoms with Crippen LogP contribution in [-0.2, 0) is 4.79 Å². The van der Waals surface area contributed by atoms with Crippen LogP contribution in [-0.4, -0.2) is 46.7 Å². The Morgan fingerprint density at radius 1 is 1.26 bits per heavy atom. The number of hydrogen-bond donors (Lipinski definition) is 2. The van der Waals surface area contributed by atoms with Gasteiger partial charge in [0.2, 0.25) is 5.91 Å². The topological polar surface area (TPSA) is 76.4 Å². The second-order valence-electron chi connectivity index (χ2n) is 7.37. The minimum Gasteiger partial charge on any atom is -0.392 e. The molecule has 0 aromatic rings. The second kappa shape index (κ2) is 8.65. The van der Waals surface area contributed by atoms with Crippen LogP contribution in [0.25, 0.3) is 0 Å². The van der Waals surface area contributed by atoms with Gasteiger partial charge in [-0.2, -0.15) is 5.26 Å². The lowest BCUT2D eigenvalue weighted by Crippen LogP contribution is -2.53. The van der Waals surface area contributed by atoms with Crippen LogP contribution in [0.3, 0.4) is 0 Å². The SMILES string of the molecule is CC(O)CN(CC(=O)NC1(C#N)CCCCC1)C1CCCCC1. The van der Waals surface area contributed by atoms with E-state index in [1.807, 2.05) is 0 Å². The average Bonchev–Trinajstić information content (AvgIpc) is 2.55. The van der Waals surface area contributed by atoms with Crippen molar-refractivity contribution in [2.24, 2.45) is 0 Å². The predicted molar refractivity (Wildman–Crippen MR) is 89.7 cm³/mol. The van der Waals surface area contributed by atoms with Crippen LogP contribution in [0.2, 0.25) is 0 Å². The highest BCUT2D eigenvalue weighted by Gasteiger charge is 2.34. The summed E-state index contributed by atoms with van der Waals surface area (Å²) in [5.74, 6) is -0.0697. The highest BCUT2D eigenvalue weighted by molar-refractivity contribution is 5.79. The Bertz CT molecular complexity index is 418. The zero-order valence-electron chi connectivity index (χ0n) is 14.4. The molecule has 0 aromatic carbocycles. The normalized spacial score (nSPS) is 23.2. The maximum atomic E-state index is 12.5. The molecule has 0 saturated heterocycles. The lowest BCUT2D eigenvalue weighted by atomic mass is 9.83. The summed E-state index contributed by atoms with van der Waals surface area (Å²) in [6.07, 6.45) is 10.1. The molecule has 2 N–H and O–H groups in total. The van der Waals surface area contributed by atoms with Crippen molar-refractivity contribution in [1.29, 1.82) is 5.26 Å². The lowest BCUT2D eigenvalue weighted by molar-refractivity contribution is -0.125. The van der Waals surface area contributed by atoms with Gasteiger partial charge < -0.3 is 10.4 Å². The molecule has 23 heavy (non-hydrogen) atoms. The van der Waals surface area contributed by atoms with E-state index in [0.29, 0.717) is 19.1 Å². The second-order valence-corrected chi connectivity index (χ2v) is 7.37. The Labute approximate surface area is 140 Å². The van der Waals surface area contributed by atoms with Crippen molar-refractivity contribution in [2.45, 2.75) is 88.8 Å². The molecular weight excluding hydrogens is 290 g/mol. The number of carbonyl (C=O) groups is 1. The standard InChI is InChI=1S/C18H31N3O2/c1-15(22)12-21(16-8-4-2-5-9-16)13-17(23)20-18(14-19)10-6-3-7-11-18/h15-16,22H,2-13H2,1H3,(H,20,23). The first-order chi connectivity index (χ1) is 11.0. The Balaban J connectivity index is 1.94. The van der Waals surface area contributed by atoms with Crippen LogP contribution in [0.15, 0.2) is 0 Å². The fraction of sp³-hybridized carbons (Fsp3) is 0.889. The third kappa shape index (κ3) is 5.47. The third-order valence-corrected chi connectivity index (χ3v) is 5.24. The number of aliphatic hydroxyl groups is 1. The van der Waals surface area contributed by atoms with Gasteiger partial charge in [0, 0.05) is 12.6 Å². The van der Waals surface area contributed by atoms with Gasteiger partial charge in [-0.3, -0.25) is 9.69 Å². The summed E-state index contributed by atoms with van der Waals surface area (Å²) >= 11 is 0. The molecule has 1 unspecified atom stereocenters. The number of hydrogen-bond acceptors (Lipinski definition) is 4. The first kappa shape index (κ1) is 18.2. The summed E-state index contributed by atoms with van der Waals surface area (Å²) in [4.78, 5) is 14.6. The summed E-state index contributed by atoms with van der Waals surface area (Å²) in [7, 11) is 0. The van der Waals surface area contributed by atoms with E-state index in [9.17, 15) is 15.2 Å². The number of aliphatic hydroxyl groups excluding tert-OH is 1. The number of nitrogens with zero attached hydrogens (tertiary/aromatic N) is 2. The van der Waals surface area contributed by atoms with E-state index in [2.05, 4.69) is 16.3 Å².